The highest BCUT2D eigenvalue weighted by Gasteiger charge is 2.29. The lowest BCUT2D eigenvalue weighted by atomic mass is 10.0. The maximum Gasteiger partial charge on any atom is 0.405 e. The van der Waals surface area contributed by atoms with E-state index in [1.807, 2.05) is 0 Å². The Hall–Kier alpha value is -7.10. The first kappa shape index (κ1) is 45.3. The Morgan fingerprint density at radius 3 is 1.93 bits per heavy atom. The molecule has 0 fully saturated rings. The molecule has 21 nitrogen and oxygen atoms in total. The second kappa shape index (κ2) is 22.5. The number of benzene rings is 2. The largest absolute Gasteiger partial charge is 0.508 e. The predicted molar refractivity (Wildman–Crippen MR) is 207 cm³/mol. The summed E-state index contributed by atoms with van der Waals surface area (Å²) in [5.74, 6) is -5.80. The molecule has 12 N–H and O–H groups in total. The van der Waals surface area contributed by atoms with E-state index in [0.29, 0.717) is 22.3 Å². The Balaban J connectivity index is 1.57. The molecule has 0 aliphatic carbocycles. The average Bonchev–Trinajstić information content (AvgIpc) is 3.66. The summed E-state index contributed by atoms with van der Waals surface area (Å²) in [6.45, 7) is 1.12. The zero-order valence-corrected chi connectivity index (χ0v) is 32.1. The van der Waals surface area contributed by atoms with Gasteiger partial charge in [0.05, 0.1) is 24.2 Å². The van der Waals surface area contributed by atoms with Gasteiger partial charge in [-0.15, -0.1) is 0 Å². The van der Waals surface area contributed by atoms with E-state index in [1.165, 1.54) is 44.3 Å². The molecule has 0 aliphatic heterocycles. The molecular weight excluding hydrogens is 781 g/mol. The van der Waals surface area contributed by atoms with E-state index < -0.39 is 90.7 Å². The number of aldehydes is 1. The van der Waals surface area contributed by atoms with Crippen LogP contribution >= 0.6 is 11.3 Å². The number of aromatic nitrogens is 1. The van der Waals surface area contributed by atoms with Gasteiger partial charge < -0.3 is 58.5 Å². The Bertz CT molecular complexity index is 1950. The number of hydrogen-bond acceptors (Lipinski definition) is 13. The van der Waals surface area contributed by atoms with Crippen LogP contribution in [0.25, 0.3) is 0 Å². The van der Waals surface area contributed by atoms with Crippen LogP contribution in [0.4, 0.5) is 9.93 Å². The molecule has 8 amide bonds. The predicted octanol–water partition coefficient (Wildman–Crippen LogP) is -2.11. The van der Waals surface area contributed by atoms with Crippen molar-refractivity contribution >= 4 is 70.2 Å². The number of carbonyl (C=O) groups excluding carboxylic acids is 8. The summed E-state index contributed by atoms with van der Waals surface area (Å²) in [6, 6.07) is 7.90. The lowest BCUT2D eigenvalue weighted by Crippen LogP contribution is -2.58. The molecule has 3 aromatic rings. The van der Waals surface area contributed by atoms with E-state index in [9.17, 15) is 53.4 Å². The number of amides is 8. The first-order valence-corrected chi connectivity index (χ1v) is 18.4. The van der Waals surface area contributed by atoms with Crippen LogP contribution in [-0.4, -0.2) is 119 Å². The highest BCUT2D eigenvalue weighted by Crippen LogP contribution is 2.15. The minimum Gasteiger partial charge on any atom is -0.508 e. The van der Waals surface area contributed by atoms with Crippen molar-refractivity contribution in [2.75, 3.05) is 25.0 Å². The molecule has 5 atom stereocenters. The van der Waals surface area contributed by atoms with Gasteiger partial charge in [-0.2, -0.15) is 0 Å². The second-order valence-electron chi connectivity index (χ2n) is 12.7. The van der Waals surface area contributed by atoms with E-state index in [4.69, 9.17) is 5.73 Å². The molecular formula is C36H44N10O11S. The van der Waals surface area contributed by atoms with Crippen LogP contribution in [0.1, 0.15) is 34.6 Å². The highest BCUT2D eigenvalue weighted by atomic mass is 32.1. The van der Waals surface area contributed by atoms with Gasteiger partial charge in [-0.1, -0.05) is 53.8 Å². The summed E-state index contributed by atoms with van der Waals surface area (Å²) in [6.07, 6.45) is 0.342. The molecule has 22 heteroatoms. The average molecular weight is 825 g/mol. The minimum atomic E-state index is -1.49. The molecule has 310 valence electrons. The fraction of sp³-hybridized carbons (Fsp3) is 0.333. The number of primary amides is 1. The van der Waals surface area contributed by atoms with Gasteiger partial charge in [0, 0.05) is 19.4 Å². The third kappa shape index (κ3) is 15.6. The van der Waals surface area contributed by atoms with Gasteiger partial charge in [0.25, 0.3) is 0 Å². The maximum atomic E-state index is 13.4. The third-order valence-electron chi connectivity index (χ3n) is 8.06. The lowest BCUT2D eigenvalue weighted by molar-refractivity contribution is -0.133. The number of carbonyl (C=O) groups is 9. The quantitative estimate of drug-likeness (QED) is 0.0484. The SMILES string of the molecule is C[C@H](NC(=O)[C@H](C)NC(=O)[C@H](Cc1ccc(O)cc1)NC(=O)O)C(=O)NCC(=O)N[C@@H](CNC(=O)CNc1ncc(C=O)s1)C(=O)N[C@@H](Cc1ccccc1)C(N)=O. The van der Waals surface area contributed by atoms with E-state index in [0.717, 1.165) is 11.3 Å². The van der Waals surface area contributed by atoms with Crippen molar-refractivity contribution in [2.24, 2.45) is 5.73 Å². The molecule has 1 aromatic heterocycles. The Morgan fingerprint density at radius 1 is 0.707 bits per heavy atom. The number of phenols is 1. The van der Waals surface area contributed by atoms with Gasteiger partial charge in [-0.3, -0.25) is 38.4 Å². The minimum absolute atomic E-state index is 0.0248. The van der Waals surface area contributed by atoms with Crippen molar-refractivity contribution in [3.05, 3.63) is 76.8 Å². The van der Waals surface area contributed by atoms with Crippen LogP contribution in [0.5, 0.6) is 5.75 Å². The van der Waals surface area contributed by atoms with E-state index >= 15 is 0 Å². The Kier molecular flexibility index (Phi) is 17.5. The summed E-state index contributed by atoms with van der Waals surface area (Å²) in [7, 11) is 0. The van der Waals surface area contributed by atoms with Gasteiger partial charge >= 0.3 is 6.09 Å². The van der Waals surface area contributed by atoms with Crippen molar-refractivity contribution in [3.8, 4) is 5.75 Å². The third-order valence-corrected chi connectivity index (χ3v) is 8.94. The molecule has 0 bridgehead atoms. The van der Waals surface area contributed by atoms with E-state index in [2.05, 4.69) is 47.5 Å². The summed E-state index contributed by atoms with van der Waals surface area (Å²) in [5, 5.41) is 38.2. The molecule has 0 saturated carbocycles. The highest BCUT2D eigenvalue weighted by molar-refractivity contribution is 7.17. The van der Waals surface area contributed by atoms with Gasteiger partial charge in [0.1, 0.15) is 36.0 Å². The summed E-state index contributed by atoms with van der Waals surface area (Å²) < 4.78 is 0. The summed E-state index contributed by atoms with van der Waals surface area (Å²) in [5.41, 5.74) is 6.73. The van der Waals surface area contributed by atoms with Crippen LogP contribution in [0.3, 0.4) is 0 Å². The van der Waals surface area contributed by atoms with Crippen molar-refractivity contribution in [1.29, 1.82) is 0 Å². The number of carboxylic acid groups (broad SMARTS) is 1. The smallest absolute Gasteiger partial charge is 0.405 e. The molecule has 0 unspecified atom stereocenters. The van der Waals surface area contributed by atoms with Crippen LogP contribution in [0, 0.1) is 0 Å². The van der Waals surface area contributed by atoms with E-state index in [-0.39, 0.29) is 30.3 Å². The van der Waals surface area contributed by atoms with Crippen LogP contribution < -0.4 is 48.3 Å². The Morgan fingerprint density at radius 2 is 1.31 bits per heavy atom. The number of hydrogen-bond donors (Lipinski definition) is 11. The Labute approximate surface area is 335 Å². The zero-order chi connectivity index (χ0) is 42.8. The second-order valence-corrected chi connectivity index (χ2v) is 13.7. The topological polar surface area (TPSA) is 329 Å². The summed E-state index contributed by atoms with van der Waals surface area (Å²) in [4.78, 5) is 116. The van der Waals surface area contributed by atoms with Gasteiger partial charge in [-0.05, 0) is 37.1 Å². The molecule has 3 rings (SSSR count). The molecule has 58 heavy (non-hydrogen) atoms. The first-order chi connectivity index (χ1) is 27.5. The van der Waals surface area contributed by atoms with E-state index in [1.54, 1.807) is 30.3 Å². The molecule has 0 aliphatic rings. The fourth-order valence-electron chi connectivity index (χ4n) is 4.99. The number of rotatable bonds is 22. The molecule has 0 saturated heterocycles. The molecule has 2 aromatic carbocycles. The standard InChI is InChI=1S/C36H44N10O11S/c1-19(42-32(53)20(2)43-33(54)26(46-36(56)57)13-22-8-10-23(48)11-9-22)31(52)39-17-29(50)44-27(15-38-28(49)16-41-35-40-14-24(18-47)58-35)34(55)45-25(30(37)51)12-21-6-4-3-5-7-21/h3-11,14,18-20,25-27,46,48H,12-13,15-17H2,1-2H3,(H2,37,51)(H,38,49)(H,39,52)(H,40,41)(H,42,53)(H,43,54)(H,44,50)(H,45,55)(H,56,57)/t19-,20-,25-,26-,27-/m0/s1. The lowest BCUT2D eigenvalue weighted by Gasteiger charge is -2.23. The normalized spacial score (nSPS) is 13.1. The van der Waals surface area contributed by atoms with Gasteiger partial charge in [-0.25, -0.2) is 9.78 Å². The fourth-order valence-corrected chi connectivity index (χ4v) is 5.61. The van der Waals surface area contributed by atoms with Gasteiger partial charge in [0.15, 0.2) is 11.4 Å². The first-order valence-electron chi connectivity index (χ1n) is 17.5. The maximum absolute atomic E-state index is 13.4. The molecule has 0 radical (unpaired) electrons. The number of nitrogens with one attached hydrogen (secondary N) is 8. The van der Waals surface area contributed by atoms with Gasteiger partial charge in [0.2, 0.25) is 41.4 Å². The zero-order valence-electron chi connectivity index (χ0n) is 31.3. The van der Waals surface area contributed by atoms with Crippen molar-refractivity contribution in [1.82, 2.24) is 42.2 Å². The number of phenolic OH excluding ortho intramolecular Hbond substituents is 1. The number of nitrogens with zero attached hydrogens (tertiary/aromatic N) is 1. The van der Waals surface area contributed by atoms with Crippen molar-refractivity contribution in [3.63, 3.8) is 0 Å². The molecule has 0 spiro atoms. The van der Waals surface area contributed by atoms with Crippen LogP contribution in [-0.2, 0) is 46.4 Å². The number of anilines is 1. The van der Waals surface area contributed by atoms with Crippen LogP contribution in [0.15, 0.2) is 60.8 Å². The summed E-state index contributed by atoms with van der Waals surface area (Å²) >= 11 is 1.01. The number of thiazole rings is 1. The van der Waals surface area contributed by atoms with Crippen molar-refractivity contribution in [2.45, 2.75) is 56.9 Å². The number of nitrogens with two attached hydrogens (primary N) is 1. The molecule has 1 heterocycles. The monoisotopic (exact) mass is 824 g/mol. The van der Waals surface area contributed by atoms with Crippen LogP contribution in [0.2, 0.25) is 0 Å². The number of aromatic hydroxyl groups is 1. The van der Waals surface area contributed by atoms with Crippen molar-refractivity contribution < 1.29 is 53.4 Å².